The molecular weight excluding hydrogens is 348 g/mol. The van der Waals surface area contributed by atoms with E-state index in [1.54, 1.807) is 0 Å². The summed E-state index contributed by atoms with van der Waals surface area (Å²) in [5, 5.41) is 0.860. The summed E-state index contributed by atoms with van der Waals surface area (Å²) in [7, 11) is 0. The lowest BCUT2D eigenvalue weighted by atomic mass is 9.78. The van der Waals surface area contributed by atoms with Crippen LogP contribution in [-0.2, 0) is 12.8 Å². The highest BCUT2D eigenvalue weighted by molar-refractivity contribution is 6.31. The van der Waals surface area contributed by atoms with Gasteiger partial charge in [-0.25, -0.2) is 0 Å². The van der Waals surface area contributed by atoms with Crippen molar-refractivity contribution in [3.8, 4) is 11.8 Å². The molecule has 0 bridgehead atoms. The minimum Gasteiger partial charge on any atom is -0.0945 e. The normalized spacial score (nSPS) is 19.4. The molecule has 0 aliphatic heterocycles. The van der Waals surface area contributed by atoms with E-state index in [1.165, 1.54) is 55.2 Å². The fraction of sp³-hybridized carbons (Fsp3) is 0.462. The molecule has 0 nitrogen and oxygen atoms in total. The standard InChI is InChI=1S/C26H31Cl/c1-3-5-20-9-14-23(15-10-20)24-16-11-21(12-17-24)7-8-22-13-18-25(6-4-2)26(27)19-22/h9-10,13-15,18-19,21,24H,3-6,11-12,16-17H2,1-2H3/t21-,24-. The van der Waals surface area contributed by atoms with Crippen LogP contribution in [0.25, 0.3) is 0 Å². The van der Waals surface area contributed by atoms with Crippen LogP contribution in [0, 0.1) is 17.8 Å². The molecule has 0 amide bonds. The van der Waals surface area contributed by atoms with Crippen molar-refractivity contribution in [1.29, 1.82) is 0 Å². The average Bonchev–Trinajstić information content (AvgIpc) is 2.70. The minimum absolute atomic E-state index is 0.523. The molecule has 0 N–H and O–H groups in total. The predicted molar refractivity (Wildman–Crippen MR) is 117 cm³/mol. The Morgan fingerprint density at radius 2 is 1.59 bits per heavy atom. The number of hydrogen-bond acceptors (Lipinski definition) is 0. The van der Waals surface area contributed by atoms with Crippen molar-refractivity contribution in [2.45, 2.75) is 71.1 Å². The van der Waals surface area contributed by atoms with Gasteiger partial charge in [-0.3, -0.25) is 0 Å². The molecule has 0 saturated heterocycles. The van der Waals surface area contributed by atoms with Crippen LogP contribution in [0.15, 0.2) is 42.5 Å². The Hall–Kier alpha value is -1.71. The highest BCUT2D eigenvalue weighted by Gasteiger charge is 2.21. The summed E-state index contributed by atoms with van der Waals surface area (Å²) >= 11 is 6.38. The predicted octanol–water partition coefficient (Wildman–Crippen LogP) is 7.57. The second-order valence-corrected chi connectivity index (χ2v) is 8.27. The molecule has 142 valence electrons. The maximum absolute atomic E-state index is 6.38. The van der Waals surface area contributed by atoms with E-state index in [2.05, 4.69) is 62.1 Å². The van der Waals surface area contributed by atoms with Crippen molar-refractivity contribution >= 4 is 11.6 Å². The molecule has 0 radical (unpaired) electrons. The Morgan fingerprint density at radius 1 is 0.889 bits per heavy atom. The molecule has 0 unspecified atom stereocenters. The molecule has 27 heavy (non-hydrogen) atoms. The maximum Gasteiger partial charge on any atom is 0.0450 e. The van der Waals surface area contributed by atoms with Crippen molar-refractivity contribution in [1.82, 2.24) is 0 Å². The van der Waals surface area contributed by atoms with Gasteiger partial charge in [0.05, 0.1) is 0 Å². The molecule has 0 aromatic heterocycles. The van der Waals surface area contributed by atoms with Gasteiger partial charge in [0.1, 0.15) is 0 Å². The fourth-order valence-electron chi connectivity index (χ4n) is 4.10. The monoisotopic (exact) mass is 378 g/mol. The van der Waals surface area contributed by atoms with E-state index in [1.807, 2.05) is 6.07 Å². The Labute approximate surface area is 170 Å². The van der Waals surface area contributed by atoms with Gasteiger partial charge in [0.25, 0.3) is 0 Å². The Morgan fingerprint density at radius 3 is 2.22 bits per heavy atom. The quantitative estimate of drug-likeness (QED) is 0.470. The van der Waals surface area contributed by atoms with Crippen LogP contribution in [0.1, 0.15) is 80.5 Å². The number of aryl methyl sites for hydroxylation is 2. The van der Waals surface area contributed by atoms with Crippen molar-refractivity contribution in [2.75, 3.05) is 0 Å². The van der Waals surface area contributed by atoms with Crippen molar-refractivity contribution in [2.24, 2.45) is 5.92 Å². The van der Waals surface area contributed by atoms with Gasteiger partial charge in [-0.2, -0.15) is 0 Å². The molecule has 0 atom stereocenters. The molecule has 2 aromatic carbocycles. The molecule has 1 aliphatic carbocycles. The van der Waals surface area contributed by atoms with Crippen molar-refractivity contribution in [3.63, 3.8) is 0 Å². The average molecular weight is 379 g/mol. The van der Waals surface area contributed by atoms with Crippen LogP contribution in [0.2, 0.25) is 5.02 Å². The lowest BCUT2D eigenvalue weighted by molar-refractivity contribution is 0.384. The fourth-order valence-corrected chi connectivity index (χ4v) is 4.37. The van der Waals surface area contributed by atoms with Gasteiger partial charge in [-0.1, -0.05) is 80.5 Å². The summed E-state index contributed by atoms with van der Waals surface area (Å²) in [5.41, 5.74) is 5.26. The first kappa shape index (κ1) is 20.0. The van der Waals surface area contributed by atoms with Gasteiger partial charge < -0.3 is 0 Å². The molecule has 1 saturated carbocycles. The van der Waals surface area contributed by atoms with Gasteiger partial charge in [0.2, 0.25) is 0 Å². The first-order valence-electron chi connectivity index (χ1n) is 10.6. The van der Waals surface area contributed by atoms with E-state index in [0.29, 0.717) is 11.8 Å². The zero-order valence-corrected chi connectivity index (χ0v) is 17.5. The number of rotatable bonds is 5. The molecule has 1 fully saturated rings. The van der Waals surface area contributed by atoms with Crippen LogP contribution >= 0.6 is 11.6 Å². The summed E-state index contributed by atoms with van der Waals surface area (Å²) in [6.45, 7) is 4.42. The van der Waals surface area contributed by atoms with E-state index in [4.69, 9.17) is 11.6 Å². The van der Waals surface area contributed by atoms with Gasteiger partial charge in [0, 0.05) is 16.5 Å². The first-order chi connectivity index (χ1) is 13.2. The Kier molecular flexibility index (Phi) is 7.42. The second kappa shape index (κ2) is 10.0. The number of benzene rings is 2. The van der Waals surface area contributed by atoms with Gasteiger partial charge in [-0.05, 0) is 73.3 Å². The lowest BCUT2D eigenvalue weighted by Gasteiger charge is -2.26. The van der Waals surface area contributed by atoms with E-state index in [9.17, 15) is 0 Å². The summed E-state index contributed by atoms with van der Waals surface area (Å²) < 4.78 is 0. The summed E-state index contributed by atoms with van der Waals surface area (Å²) in [5.74, 6) is 8.10. The van der Waals surface area contributed by atoms with Crippen molar-refractivity contribution < 1.29 is 0 Å². The van der Waals surface area contributed by atoms with Crippen LogP contribution < -0.4 is 0 Å². The lowest BCUT2D eigenvalue weighted by Crippen LogP contribution is -2.12. The van der Waals surface area contributed by atoms with E-state index in [-0.39, 0.29) is 0 Å². The van der Waals surface area contributed by atoms with Crippen molar-refractivity contribution in [3.05, 3.63) is 69.7 Å². The largest absolute Gasteiger partial charge is 0.0945 e. The highest BCUT2D eigenvalue weighted by atomic mass is 35.5. The Bertz CT molecular complexity index is 783. The topological polar surface area (TPSA) is 0 Å². The smallest absolute Gasteiger partial charge is 0.0450 e. The van der Waals surface area contributed by atoms with E-state index in [0.717, 1.165) is 23.4 Å². The Balaban J connectivity index is 1.55. The SMILES string of the molecule is CCCc1ccc([C@H]2CC[C@H](C#Cc3ccc(CCC)c(Cl)c3)CC2)cc1. The summed E-state index contributed by atoms with van der Waals surface area (Å²) in [6, 6.07) is 15.6. The number of hydrogen-bond donors (Lipinski definition) is 0. The van der Waals surface area contributed by atoms with Crippen LogP contribution in [-0.4, -0.2) is 0 Å². The first-order valence-corrected chi connectivity index (χ1v) is 11.0. The second-order valence-electron chi connectivity index (χ2n) is 7.87. The van der Waals surface area contributed by atoms with E-state index < -0.39 is 0 Å². The van der Waals surface area contributed by atoms with Gasteiger partial charge in [-0.15, -0.1) is 0 Å². The van der Waals surface area contributed by atoms with E-state index >= 15 is 0 Å². The molecule has 3 rings (SSSR count). The zero-order chi connectivity index (χ0) is 19.1. The number of halogens is 1. The highest BCUT2D eigenvalue weighted by Crippen LogP contribution is 2.35. The maximum atomic E-state index is 6.38. The zero-order valence-electron chi connectivity index (χ0n) is 16.7. The van der Waals surface area contributed by atoms with Crippen LogP contribution in [0.3, 0.4) is 0 Å². The molecule has 0 spiro atoms. The minimum atomic E-state index is 0.523. The summed E-state index contributed by atoms with van der Waals surface area (Å²) in [6.07, 6.45) is 9.48. The molecule has 1 heteroatoms. The summed E-state index contributed by atoms with van der Waals surface area (Å²) in [4.78, 5) is 0. The molecule has 0 heterocycles. The third-order valence-electron chi connectivity index (χ3n) is 5.71. The van der Waals surface area contributed by atoms with Crippen LogP contribution in [0.5, 0.6) is 0 Å². The third-order valence-corrected chi connectivity index (χ3v) is 6.06. The third kappa shape index (κ3) is 5.63. The molecular formula is C26H31Cl. The molecule has 1 aliphatic rings. The van der Waals surface area contributed by atoms with Gasteiger partial charge in [0.15, 0.2) is 0 Å². The molecule has 2 aromatic rings. The van der Waals surface area contributed by atoms with Crippen LogP contribution in [0.4, 0.5) is 0 Å². The van der Waals surface area contributed by atoms with Gasteiger partial charge >= 0.3 is 0 Å².